The first kappa shape index (κ1) is 12.1. The summed E-state index contributed by atoms with van der Waals surface area (Å²) in [4.78, 5) is 0. The fourth-order valence-corrected chi connectivity index (χ4v) is 1.68. The summed E-state index contributed by atoms with van der Waals surface area (Å²) >= 11 is 4.61. The fourth-order valence-electron chi connectivity index (χ4n) is 1.63. The van der Waals surface area contributed by atoms with Crippen molar-refractivity contribution >= 4 is 34.3 Å². The third-order valence-electron chi connectivity index (χ3n) is 2.39. The zero-order valence-electron chi connectivity index (χ0n) is 9.29. The van der Waals surface area contributed by atoms with Crippen LogP contribution in [0.3, 0.4) is 0 Å². The minimum Gasteiger partial charge on any atom is -0.508 e. The van der Waals surface area contributed by atoms with Crippen molar-refractivity contribution in [3.05, 3.63) is 35.9 Å². The molecule has 0 amide bonds. The Morgan fingerprint density at radius 3 is 2.78 bits per heavy atom. The van der Waals surface area contributed by atoms with Crippen molar-refractivity contribution in [3.8, 4) is 11.5 Å². The van der Waals surface area contributed by atoms with Crippen molar-refractivity contribution in [1.29, 1.82) is 0 Å². The summed E-state index contributed by atoms with van der Waals surface area (Å²) in [6.45, 7) is 0. The molecule has 5 N–H and O–H groups in total. The first-order chi connectivity index (χ1) is 8.58. The molecule has 2 rings (SSSR count). The molecule has 0 spiro atoms. The van der Waals surface area contributed by atoms with E-state index in [0.29, 0.717) is 5.56 Å². The van der Waals surface area contributed by atoms with Crippen LogP contribution < -0.4 is 11.2 Å². The lowest BCUT2D eigenvalue weighted by Gasteiger charge is -2.05. The Kier molecular flexibility index (Phi) is 3.29. The van der Waals surface area contributed by atoms with Crippen LogP contribution >= 0.6 is 12.2 Å². The number of hydrogen-bond acceptors (Lipinski definition) is 4. The van der Waals surface area contributed by atoms with Crippen LogP contribution in [-0.2, 0) is 0 Å². The number of benzene rings is 2. The minimum absolute atomic E-state index is 0.0450. The Hall–Kier alpha value is -2.34. The van der Waals surface area contributed by atoms with E-state index < -0.39 is 0 Å². The topological polar surface area (TPSA) is 90.9 Å². The fraction of sp³-hybridized carbons (Fsp3) is 0. The van der Waals surface area contributed by atoms with E-state index in [2.05, 4.69) is 22.7 Å². The highest BCUT2D eigenvalue weighted by atomic mass is 32.1. The van der Waals surface area contributed by atoms with Gasteiger partial charge in [-0.1, -0.05) is 6.07 Å². The number of thiocarbonyl (C=S) groups is 1. The lowest BCUT2D eigenvalue weighted by molar-refractivity contribution is 0.473. The second-order valence-electron chi connectivity index (χ2n) is 3.64. The van der Waals surface area contributed by atoms with Crippen LogP contribution in [0.15, 0.2) is 35.4 Å². The summed E-state index contributed by atoms with van der Waals surface area (Å²) in [6, 6.07) is 8.09. The average Bonchev–Trinajstić information content (AvgIpc) is 2.31. The molecule has 0 aliphatic carbocycles. The Morgan fingerprint density at radius 2 is 2.06 bits per heavy atom. The van der Waals surface area contributed by atoms with Crippen molar-refractivity contribution in [2.75, 3.05) is 0 Å². The second kappa shape index (κ2) is 4.89. The smallest absolute Gasteiger partial charge is 0.184 e. The highest BCUT2D eigenvalue weighted by Crippen LogP contribution is 2.28. The molecule has 0 atom stereocenters. The molecule has 0 saturated heterocycles. The summed E-state index contributed by atoms with van der Waals surface area (Å²) in [5.41, 5.74) is 8.18. The maximum atomic E-state index is 9.80. The van der Waals surface area contributed by atoms with Gasteiger partial charge in [0.15, 0.2) is 5.11 Å². The number of nitrogens with one attached hydrogen (secondary N) is 1. The van der Waals surface area contributed by atoms with E-state index in [1.165, 1.54) is 12.3 Å². The van der Waals surface area contributed by atoms with Gasteiger partial charge >= 0.3 is 0 Å². The molecule has 2 aromatic rings. The zero-order chi connectivity index (χ0) is 13.1. The molecule has 2 aromatic carbocycles. The molecule has 0 heterocycles. The predicted molar refractivity (Wildman–Crippen MR) is 74.8 cm³/mol. The lowest BCUT2D eigenvalue weighted by atomic mass is 10.0. The summed E-state index contributed by atoms with van der Waals surface area (Å²) in [5.74, 6) is 0.249. The lowest BCUT2D eigenvalue weighted by Crippen LogP contribution is -2.24. The molecule has 0 aliphatic rings. The number of phenols is 2. The Labute approximate surface area is 109 Å². The van der Waals surface area contributed by atoms with Gasteiger partial charge in [0.2, 0.25) is 0 Å². The maximum absolute atomic E-state index is 9.80. The van der Waals surface area contributed by atoms with E-state index in [9.17, 15) is 10.2 Å². The molecule has 92 valence electrons. The van der Waals surface area contributed by atoms with E-state index in [0.717, 1.165) is 10.8 Å². The highest BCUT2D eigenvalue weighted by Gasteiger charge is 2.05. The summed E-state index contributed by atoms with van der Waals surface area (Å²) < 4.78 is 0. The van der Waals surface area contributed by atoms with Crippen molar-refractivity contribution in [2.24, 2.45) is 10.8 Å². The first-order valence-electron chi connectivity index (χ1n) is 5.11. The van der Waals surface area contributed by atoms with Crippen molar-refractivity contribution in [3.63, 3.8) is 0 Å². The minimum atomic E-state index is 0.0450. The number of fused-ring (bicyclic) bond motifs is 1. The molecular weight excluding hydrogens is 250 g/mol. The van der Waals surface area contributed by atoms with Gasteiger partial charge in [0, 0.05) is 5.56 Å². The zero-order valence-corrected chi connectivity index (χ0v) is 10.1. The summed E-state index contributed by atoms with van der Waals surface area (Å²) in [7, 11) is 0. The normalized spacial score (nSPS) is 10.9. The number of hydrogen-bond donors (Lipinski definition) is 4. The van der Waals surface area contributed by atoms with Crippen LogP contribution in [0, 0.1) is 0 Å². The first-order valence-corrected chi connectivity index (χ1v) is 5.52. The molecule has 18 heavy (non-hydrogen) atoms. The van der Waals surface area contributed by atoms with Crippen molar-refractivity contribution in [1.82, 2.24) is 5.43 Å². The van der Waals surface area contributed by atoms with Gasteiger partial charge in [0.25, 0.3) is 0 Å². The highest BCUT2D eigenvalue weighted by molar-refractivity contribution is 7.80. The third kappa shape index (κ3) is 2.49. The number of rotatable bonds is 2. The predicted octanol–water partition coefficient (Wildman–Crippen LogP) is 1.42. The van der Waals surface area contributed by atoms with Gasteiger partial charge in [-0.2, -0.15) is 5.10 Å². The molecule has 0 saturated carbocycles. The molecule has 5 nitrogen and oxygen atoms in total. The maximum Gasteiger partial charge on any atom is 0.184 e. The molecule has 0 bridgehead atoms. The quantitative estimate of drug-likeness (QED) is 0.373. The van der Waals surface area contributed by atoms with Gasteiger partial charge in [0.05, 0.1) is 6.21 Å². The van der Waals surface area contributed by atoms with Gasteiger partial charge in [-0.05, 0) is 47.3 Å². The molecule has 0 unspecified atom stereocenters. The van der Waals surface area contributed by atoms with Gasteiger partial charge in [-0.15, -0.1) is 0 Å². The van der Waals surface area contributed by atoms with Crippen molar-refractivity contribution in [2.45, 2.75) is 0 Å². The number of nitrogens with zero attached hydrogens (tertiary/aromatic N) is 1. The van der Waals surface area contributed by atoms with Crippen LogP contribution in [-0.4, -0.2) is 21.5 Å². The van der Waals surface area contributed by atoms with Gasteiger partial charge in [-0.25, -0.2) is 0 Å². The summed E-state index contributed by atoms with van der Waals surface area (Å²) in [5, 5.41) is 24.6. The third-order valence-corrected chi connectivity index (χ3v) is 2.48. The SMILES string of the molecule is NC(=S)N/N=C/c1c(O)ccc2cc(O)ccc12. The molecule has 0 fully saturated rings. The number of aromatic hydroxyl groups is 2. The van der Waals surface area contributed by atoms with Gasteiger partial charge < -0.3 is 15.9 Å². The number of phenolic OH excluding ortho intramolecular Hbond substituents is 2. The largest absolute Gasteiger partial charge is 0.508 e. The Morgan fingerprint density at radius 1 is 1.28 bits per heavy atom. The molecule has 0 aliphatic heterocycles. The van der Waals surface area contributed by atoms with Crippen LogP contribution in [0.4, 0.5) is 0 Å². The van der Waals surface area contributed by atoms with E-state index in [-0.39, 0.29) is 16.6 Å². The summed E-state index contributed by atoms with van der Waals surface area (Å²) in [6.07, 6.45) is 1.42. The van der Waals surface area contributed by atoms with Crippen LogP contribution in [0.25, 0.3) is 10.8 Å². The van der Waals surface area contributed by atoms with Crippen LogP contribution in [0.2, 0.25) is 0 Å². The molecule has 0 aromatic heterocycles. The molecule has 6 heteroatoms. The van der Waals surface area contributed by atoms with Gasteiger partial charge in [0.1, 0.15) is 11.5 Å². The van der Waals surface area contributed by atoms with Crippen LogP contribution in [0.1, 0.15) is 5.56 Å². The second-order valence-corrected chi connectivity index (χ2v) is 4.08. The van der Waals surface area contributed by atoms with Crippen molar-refractivity contribution < 1.29 is 10.2 Å². The molecule has 0 radical (unpaired) electrons. The van der Waals surface area contributed by atoms with E-state index >= 15 is 0 Å². The monoisotopic (exact) mass is 261 g/mol. The average molecular weight is 261 g/mol. The van der Waals surface area contributed by atoms with Gasteiger partial charge in [-0.3, -0.25) is 5.43 Å². The van der Waals surface area contributed by atoms with E-state index in [1.54, 1.807) is 24.3 Å². The Bertz CT molecular complexity index is 641. The standard InChI is InChI=1S/C12H11N3O2S/c13-12(18)15-14-6-10-9-3-2-8(16)5-7(9)1-4-11(10)17/h1-6,16-17H,(H3,13,15,18)/b14-6+. The molecular formula is C12H11N3O2S. The van der Waals surface area contributed by atoms with E-state index in [4.69, 9.17) is 5.73 Å². The van der Waals surface area contributed by atoms with Crippen LogP contribution in [0.5, 0.6) is 11.5 Å². The Balaban J connectivity index is 2.51. The van der Waals surface area contributed by atoms with E-state index in [1.807, 2.05) is 0 Å². The number of nitrogens with two attached hydrogens (primary N) is 1. The number of hydrazone groups is 1.